The molecule has 0 saturated carbocycles. The number of alkyl halides is 3. The van der Waals surface area contributed by atoms with Crippen molar-refractivity contribution in [2.24, 2.45) is 0 Å². The van der Waals surface area contributed by atoms with Gasteiger partial charge < -0.3 is 15.1 Å². The molecule has 2 aliphatic heterocycles. The van der Waals surface area contributed by atoms with E-state index >= 15 is 0 Å². The summed E-state index contributed by atoms with van der Waals surface area (Å²) in [5.41, 5.74) is 3.33. The highest BCUT2D eigenvalue weighted by molar-refractivity contribution is 5.78. The Morgan fingerprint density at radius 2 is 1.33 bits per heavy atom. The standard InChI is InChI=1S/C22H15F3N4O/c23-22(24,25)21(30)19-10-18-9-16-4-3-14(27-16)7-12-1-2-13(26-12)8-15-5-6-17(28-15)11-20(19)29-18/h1-11,21,28-30H/i10D. The van der Waals surface area contributed by atoms with E-state index in [4.69, 9.17) is 1.37 Å². The number of aliphatic hydroxyl groups is 1. The molecule has 1 atom stereocenters. The molecule has 3 aromatic heterocycles. The number of nitrogens with one attached hydrogen (secondary N) is 2. The first kappa shape index (κ1) is 17.2. The van der Waals surface area contributed by atoms with Crippen LogP contribution in [0, 0.1) is 0 Å². The summed E-state index contributed by atoms with van der Waals surface area (Å²) in [4.78, 5) is 14.9. The van der Waals surface area contributed by atoms with Crippen LogP contribution >= 0.6 is 0 Å². The number of rotatable bonds is 1. The predicted octanol–water partition coefficient (Wildman–Crippen LogP) is 5.25. The van der Waals surface area contributed by atoms with E-state index in [-0.39, 0.29) is 11.0 Å². The summed E-state index contributed by atoms with van der Waals surface area (Å²) in [7, 11) is 0. The SMILES string of the molecule is [2H]c1c(C(O)C(F)(F)F)c2cc3ccc(cc4nc(cc5nc(cc1[nH]2)C=C5)C=C4)[nH]3. The van der Waals surface area contributed by atoms with Crippen LogP contribution in [-0.2, 0) is 0 Å². The molecule has 3 aromatic rings. The Balaban J connectivity index is 1.87. The molecule has 0 aromatic carbocycles. The fourth-order valence-corrected chi connectivity index (χ4v) is 3.34. The first-order valence-electron chi connectivity index (χ1n) is 9.59. The molecule has 8 heteroatoms. The molecule has 0 amide bonds. The highest BCUT2D eigenvalue weighted by Gasteiger charge is 2.40. The highest BCUT2D eigenvalue weighted by Crippen LogP contribution is 2.35. The quantitative estimate of drug-likeness (QED) is 0.354. The normalized spacial score (nSPS) is 14.7. The molecular weight excluding hydrogens is 393 g/mol. The van der Waals surface area contributed by atoms with Crippen LogP contribution in [0.25, 0.3) is 46.4 Å². The molecule has 0 spiro atoms. The van der Waals surface area contributed by atoms with E-state index in [0.29, 0.717) is 28.1 Å². The van der Waals surface area contributed by atoms with Gasteiger partial charge in [-0.1, -0.05) is 0 Å². The summed E-state index contributed by atoms with van der Waals surface area (Å²) in [6.07, 6.45) is -0.542. The van der Waals surface area contributed by atoms with Gasteiger partial charge in [0.05, 0.1) is 24.1 Å². The number of aliphatic hydroxyl groups excluding tert-OH is 1. The van der Waals surface area contributed by atoms with Gasteiger partial charge in [0.25, 0.3) is 0 Å². The van der Waals surface area contributed by atoms with Crippen molar-refractivity contribution < 1.29 is 19.6 Å². The molecule has 3 N–H and O–H groups in total. The second-order valence-corrected chi connectivity index (χ2v) is 6.97. The van der Waals surface area contributed by atoms with Crippen LogP contribution in [0.5, 0.6) is 0 Å². The Morgan fingerprint density at radius 1 is 0.800 bits per heavy atom. The van der Waals surface area contributed by atoms with E-state index in [1.165, 1.54) is 12.1 Å². The van der Waals surface area contributed by atoms with Gasteiger partial charge in [0.15, 0.2) is 6.10 Å². The fourth-order valence-electron chi connectivity index (χ4n) is 3.34. The van der Waals surface area contributed by atoms with Gasteiger partial charge in [0.1, 0.15) is 0 Å². The van der Waals surface area contributed by atoms with Crippen LogP contribution in [0.4, 0.5) is 13.2 Å². The van der Waals surface area contributed by atoms with Gasteiger partial charge in [-0.05, 0) is 66.7 Å². The number of hydrogen-bond donors (Lipinski definition) is 3. The third-order valence-electron chi connectivity index (χ3n) is 4.70. The maximum atomic E-state index is 13.3. The smallest absolute Gasteiger partial charge is 0.379 e. The monoisotopic (exact) mass is 409 g/mol. The van der Waals surface area contributed by atoms with Crippen LogP contribution in [0.15, 0.2) is 42.4 Å². The average Bonchev–Trinajstić information content (AvgIpc) is 3.46. The first-order chi connectivity index (χ1) is 14.8. The molecule has 1 unspecified atom stereocenters. The summed E-state index contributed by atoms with van der Waals surface area (Å²) in [5.74, 6) is 0. The zero-order valence-corrected chi connectivity index (χ0v) is 15.3. The van der Waals surface area contributed by atoms with Crippen molar-refractivity contribution in [2.45, 2.75) is 12.3 Å². The Kier molecular flexibility index (Phi) is 3.85. The third-order valence-corrected chi connectivity index (χ3v) is 4.70. The molecule has 0 aliphatic carbocycles. The maximum Gasteiger partial charge on any atom is 0.418 e. The number of H-pyrrole nitrogens is 2. The highest BCUT2D eigenvalue weighted by atomic mass is 19.4. The first-order valence-corrected chi connectivity index (χ1v) is 9.09. The Morgan fingerprint density at radius 3 is 1.93 bits per heavy atom. The molecular formula is C22H15F3N4O. The lowest BCUT2D eigenvalue weighted by atomic mass is 10.1. The third kappa shape index (κ3) is 3.53. The van der Waals surface area contributed by atoms with Gasteiger partial charge in [-0.3, -0.25) is 0 Å². The molecule has 0 fully saturated rings. The molecule has 2 aliphatic rings. The minimum atomic E-state index is -4.91. The molecule has 5 heterocycles. The lowest BCUT2D eigenvalue weighted by molar-refractivity contribution is -0.206. The van der Waals surface area contributed by atoms with Gasteiger partial charge >= 0.3 is 6.18 Å². The van der Waals surface area contributed by atoms with E-state index < -0.39 is 23.9 Å². The molecule has 0 radical (unpaired) electrons. The van der Waals surface area contributed by atoms with E-state index in [9.17, 15) is 18.3 Å². The lowest BCUT2D eigenvalue weighted by Crippen LogP contribution is -2.19. The van der Waals surface area contributed by atoms with Crippen molar-refractivity contribution in [3.8, 4) is 0 Å². The molecule has 5 nitrogen and oxygen atoms in total. The Bertz CT molecular complexity index is 1420. The second kappa shape index (κ2) is 6.70. The zero-order valence-electron chi connectivity index (χ0n) is 16.3. The van der Waals surface area contributed by atoms with E-state index in [0.717, 1.165) is 5.69 Å². The Hall–Kier alpha value is -3.65. The van der Waals surface area contributed by atoms with Crippen LogP contribution < -0.4 is 0 Å². The number of nitrogens with zero attached hydrogens (tertiary/aromatic N) is 2. The average molecular weight is 409 g/mol. The van der Waals surface area contributed by atoms with Crippen LogP contribution in [0.1, 0.15) is 35.8 Å². The summed E-state index contributed by atoms with van der Waals surface area (Å²) < 4.78 is 48.2. The van der Waals surface area contributed by atoms with Crippen LogP contribution in [0.3, 0.4) is 0 Å². The van der Waals surface area contributed by atoms with E-state index in [1.807, 2.05) is 12.2 Å². The number of aromatic nitrogens is 4. The summed E-state index contributed by atoms with van der Waals surface area (Å²) in [6, 6.07) is 9.53. The minimum absolute atomic E-state index is 0.00589. The van der Waals surface area contributed by atoms with Crippen LogP contribution in [0.2, 0.25) is 0 Å². The van der Waals surface area contributed by atoms with Crippen molar-refractivity contribution in [1.82, 2.24) is 19.9 Å². The molecule has 5 rings (SSSR count). The van der Waals surface area contributed by atoms with E-state index in [1.54, 1.807) is 36.4 Å². The number of fused-ring (bicyclic) bond motifs is 8. The topological polar surface area (TPSA) is 77.6 Å². The Labute approximate surface area is 169 Å². The van der Waals surface area contributed by atoms with Gasteiger partial charge in [-0.2, -0.15) is 13.2 Å². The van der Waals surface area contributed by atoms with Crippen molar-refractivity contribution in [2.75, 3.05) is 0 Å². The van der Waals surface area contributed by atoms with Crippen molar-refractivity contribution >= 4 is 46.4 Å². The molecule has 0 saturated heterocycles. The summed E-state index contributed by atoms with van der Waals surface area (Å²) in [6.45, 7) is 0. The predicted molar refractivity (Wildman–Crippen MR) is 110 cm³/mol. The van der Waals surface area contributed by atoms with Gasteiger partial charge in [-0.25, -0.2) is 9.97 Å². The molecule has 150 valence electrons. The van der Waals surface area contributed by atoms with Crippen LogP contribution in [-0.4, -0.2) is 31.2 Å². The van der Waals surface area contributed by atoms with Crippen molar-refractivity contribution in [3.05, 3.63) is 70.8 Å². The largest absolute Gasteiger partial charge is 0.418 e. The molecule has 8 bridgehead atoms. The molecule has 30 heavy (non-hydrogen) atoms. The van der Waals surface area contributed by atoms with Gasteiger partial charge in [0.2, 0.25) is 0 Å². The number of halogens is 3. The van der Waals surface area contributed by atoms with Crippen molar-refractivity contribution in [1.29, 1.82) is 0 Å². The summed E-state index contributed by atoms with van der Waals surface area (Å²) in [5, 5.41) is 9.93. The fraction of sp³-hybridized carbons (Fsp3) is 0.0909. The second-order valence-electron chi connectivity index (χ2n) is 6.97. The summed E-state index contributed by atoms with van der Waals surface area (Å²) >= 11 is 0. The van der Waals surface area contributed by atoms with Gasteiger partial charge in [-0.15, -0.1) is 0 Å². The van der Waals surface area contributed by atoms with Gasteiger partial charge in [0, 0.05) is 27.6 Å². The van der Waals surface area contributed by atoms with Crippen molar-refractivity contribution in [3.63, 3.8) is 0 Å². The number of aromatic amines is 2. The van der Waals surface area contributed by atoms with E-state index in [2.05, 4.69) is 19.9 Å². The maximum absolute atomic E-state index is 13.3. The zero-order chi connectivity index (χ0) is 21.8. The lowest BCUT2D eigenvalue weighted by Gasteiger charge is -2.13. The number of hydrogen-bond acceptors (Lipinski definition) is 3. The minimum Gasteiger partial charge on any atom is -0.379 e.